The Morgan fingerprint density at radius 2 is 1.77 bits per heavy atom. The van der Waals surface area contributed by atoms with Gasteiger partial charge in [-0.25, -0.2) is 0 Å². The topological polar surface area (TPSA) is 196 Å². The van der Waals surface area contributed by atoms with E-state index in [4.69, 9.17) is 28.1 Å². The summed E-state index contributed by atoms with van der Waals surface area (Å²) in [6, 6.07) is 6.36. The van der Waals surface area contributed by atoms with Crippen molar-refractivity contribution in [2.45, 2.75) is 12.5 Å². The number of hydrogen-bond donors (Lipinski definition) is 5. The minimum Gasteiger partial charge on any atom is -0.385 e. The van der Waals surface area contributed by atoms with Crippen LogP contribution >= 0.6 is 24.8 Å². The maximum atomic E-state index is 11.3. The van der Waals surface area contributed by atoms with Crippen molar-refractivity contribution in [2.75, 3.05) is 0 Å². The van der Waals surface area contributed by atoms with Gasteiger partial charge in [-0.05, 0) is 31.2 Å². The van der Waals surface area contributed by atoms with Crippen LogP contribution in [-0.4, -0.2) is 40.2 Å². The Hall–Kier alpha value is -3.05. The molecule has 2 rings (SSSR count). The number of amidine groups is 2. The van der Waals surface area contributed by atoms with Crippen LogP contribution < -0.4 is 17.3 Å². The summed E-state index contributed by atoms with van der Waals surface area (Å²) in [6.45, 7) is 1.45. The molecule has 1 heterocycles. The molecule has 0 bridgehead atoms. The van der Waals surface area contributed by atoms with Gasteiger partial charge in [0, 0.05) is 5.56 Å². The molecule has 0 aliphatic carbocycles. The zero-order valence-corrected chi connectivity index (χ0v) is 15.2. The number of Topliss-reactive ketones (excluding diaryl/α,β-unsaturated/α-hetero) is 1. The zero-order chi connectivity index (χ0) is 17.9. The highest BCUT2D eigenvalue weighted by atomic mass is 35.5. The Kier molecular flexibility index (Phi) is 7.83. The molecule has 26 heavy (non-hydrogen) atoms. The van der Waals surface area contributed by atoms with Gasteiger partial charge in [0.2, 0.25) is 11.5 Å². The normalized spacial score (nSPS) is 19.9. The molecule has 140 valence electrons. The van der Waals surface area contributed by atoms with E-state index in [0.717, 1.165) is 5.01 Å². The minimum absolute atomic E-state index is 0. The highest BCUT2D eigenvalue weighted by molar-refractivity contribution is 6.30. The van der Waals surface area contributed by atoms with Crippen LogP contribution in [0.3, 0.4) is 0 Å². The van der Waals surface area contributed by atoms with E-state index < -0.39 is 17.3 Å². The average Bonchev–Trinajstić information content (AvgIpc) is 2.93. The van der Waals surface area contributed by atoms with Crippen molar-refractivity contribution in [1.82, 2.24) is 5.01 Å². The van der Waals surface area contributed by atoms with Crippen molar-refractivity contribution in [3.05, 3.63) is 29.8 Å². The lowest BCUT2D eigenvalue weighted by atomic mass is 10.0. The van der Waals surface area contributed by atoms with Crippen molar-refractivity contribution in [2.24, 2.45) is 37.7 Å². The van der Waals surface area contributed by atoms with E-state index in [9.17, 15) is 4.79 Å². The Morgan fingerprint density at radius 1 is 1.19 bits per heavy atom. The monoisotopic (exact) mass is 400 g/mol. The summed E-state index contributed by atoms with van der Waals surface area (Å²) in [5, 5.41) is 31.5. The lowest BCUT2D eigenvalue weighted by Gasteiger charge is -2.21. The number of azo groups is 1. The van der Waals surface area contributed by atoms with Gasteiger partial charge < -0.3 is 17.3 Å². The molecule has 0 aromatic heterocycles. The molecule has 1 aromatic carbocycles. The molecule has 1 atom stereocenters. The van der Waals surface area contributed by atoms with Gasteiger partial charge >= 0.3 is 0 Å². The number of hydrazone groups is 2. The first-order chi connectivity index (χ1) is 11.3. The molecule has 0 saturated heterocycles. The summed E-state index contributed by atoms with van der Waals surface area (Å²) in [5.74, 6) is 4.23. The number of nitrogens with two attached hydrogens (primary N) is 3. The average molecular weight is 401 g/mol. The lowest BCUT2D eigenvalue weighted by Crippen LogP contribution is -2.53. The summed E-state index contributed by atoms with van der Waals surface area (Å²) in [4.78, 5) is 11.3. The third-order valence-electron chi connectivity index (χ3n) is 3.26. The first-order valence-corrected chi connectivity index (χ1v) is 6.68. The van der Waals surface area contributed by atoms with Crippen molar-refractivity contribution >= 4 is 60.1 Å². The molecule has 0 saturated carbocycles. The fourth-order valence-electron chi connectivity index (χ4n) is 1.96. The molecule has 1 aliphatic rings. The Balaban J connectivity index is 0.00000312. The van der Waals surface area contributed by atoms with Crippen LogP contribution in [0.5, 0.6) is 0 Å². The van der Waals surface area contributed by atoms with Gasteiger partial charge in [0.25, 0.3) is 0 Å². The third-order valence-corrected chi connectivity index (χ3v) is 3.26. The van der Waals surface area contributed by atoms with Crippen molar-refractivity contribution in [1.29, 1.82) is 10.8 Å². The van der Waals surface area contributed by atoms with E-state index in [1.165, 1.54) is 13.1 Å². The third kappa shape index (κ3) is 4.13. The highest BCUT2D eigenvalue weighted by Crippen LogP contribution is 2.24. The van der Waals surface area contributed by atoms with Gasteiger partial charge in [0.15, 0.2) is 11.6 Å². The molecule has 11 nitrogen and oxygen atoms in total. The maximum absolute atomic E-state index is 11.3. The van der Waals surface area contributed by atoms with E-state index in [2.05, 4.69) is 20.4 Å². The van der Waals surface area contributed by atoms with E-state index in [1.54, 1.807) is 24.3 Å². The van der Waals surface area contributed by atoms with Crippen molar-refractivity contribution < 1.29 is 4.79 Å². The Labute approximate surface area is 161 Å². The van der Waals surface area contributed by atoms with Gasteiger partial charge in [0.05, 0.1) is 11.9 Å². The zero-order valence-electron chi connectivity index (χ0n) is 13.6. The molecule has 0 spiro atoms. The van der Waals surface area contributed by atoms with E-state index >= 15 is 0 Å². The van der Waals surface area contributed by atoms with E-state index in [-0.39, 0.29) is 36.4 Å². The second-order valence-electron chi connectivity index (χ2n) is 4.88. The molecular formula is C13H18Cl2N10O. The molecule has 13 heteroatoms. The summed E-state index contributed by atoms with van der Waals surface area (Å²) >= 11 is 0. The molecule has 1 unspecified atom stereocenters. The molecule has 0 fully saturated rings. The number of carbonyl (C=O) groups is 1. The van der Waals surface area contributed by atoms with Crippen molar-refractivity contribution in [3.63, 3.8) is 0 Å². The largest absolute Gasteiger partial charge is 0.385 e. The number of hydrogen-bond acceptors (Lipinski definition) is 8. The first-order valence-electron chi connectivity index (χ1n) is 6.68. The molecular weight excluding hydrogens is 383 g/mol. The fraction of sp³-hybridized carbons (Fsp3) is 0.154. The Morgan fingerprint density at radius 3 is 2.19 bits per heavy atom. The number of nitrogens with one attached hydrogen (secondary N) is 2. The molecule has 1 aromatic rings. The van der Waals surface area contributed by atoms with Crippen LogP contribution in [0.4, 0.5) is 5.69 Å². The quantitative estimate of drug-likeness (QED) is 0.125. The number of rotatable bonds is 4. The lowest BCUT2D eigenvalue weighted by molar-refractivity contribution is 0.101. The number of carbonyl (C=O) groups excluding carboxylic acids is 1. The number of nitrogens with zero attached hydrogens (tertiary/aromatic N) is 5. The van der Waals surface area contributed by atoms with Crippen LogP contribution in [0.15, 0.2) is 44.7 Å². The summed E-state index contributed by atoms with van der Waals surface area (Å²) in [6.07, 6.45) is 1.18. The molecule has 8 N–H and O–H groups in total. The predicted octanol–water partition coefficient (Wildman–Crippen LogP) is 0.958. The van der Waals surface area contributed by atoms with Gasteiger partial charge in [-0.1, -0.05) is 0 Å². The second kappa shape index (κ2) is 8.87. The van der Waals surface area contributed by atoms with Crippen LogP contribution in [0.25, 0.3) is 0 Å². The number of halogens is 2. The van der Waals surface area contributed by atoms with Gasteiger partial charge in [-0.15, -0.1) is 24.8 Å². The molecule has 1 aliphatic heterocycles. The second-order valence-corrected chi connectivity index (χ2v) is 4.88. The van der Waals surface area contributed by atoms with E-state index in [1.807, 2.05) is 0 Å². The predicted molar refractivity (Wildman–Crippen MR) is 104 cm³/mol. The van der Waals surface area contributed by atoms with Crippen molar-refractivity contribution in [3.8, 4) is 0 Å². The smallest absolute Gasteiger partial charge is 0.235 e. The minimum atomic E-state index is -1.65. The number of guanidine groups is 1. The number of ketones is 1. The summed E-state index contributed by atoms with van der Waals surface area (Å²) in [7, 11) is 0. The van der Waals surface area contributed by atoms with Crippen LogP contribution in [0.1, 0.15) is 17.3 Å². The molecule has 0 radical (unpaired) electrons. The van der Waals surface area contributed by atoms with Crippen LogP contribution in [0.2, 0.25) is 0 Å². The van der Waals surface area contributed by atoms with Crippen LogP contribution in [-0.2, 0) is 0 Å². The first kappa shape index (κ1) is 22.9. The Bertz CT molecular complexity index is 789. The van der Waals surface area contributed by atoms with Gasteiger partial charge in [0.1, 0.15) is 5.84 Å². The number of benzene rings is 1. The highest BCUT2D eigenvalue weighted by Gasteiger charge is 2.47. The molecule has 0 amide bonds. The maximum Gasteiger partial charge on any atom is 0.235 e. The summed E-state index contributed by atoms with van der Waals surface area (Å²) in [5.41, 5.74) is 10.3. The standard InChI is InChI=1S/C13H16N10O.2ClH/c1-7(24)8-2-4-9(5-3-8)21-22-13(10(14)15)6-19-23(12(16)17)11(13)20-18;;/h2-6H,18H2,1H3,(H3,14,15)(H3,16,17);2*1H/b20-11-,22-21?;;. The summed E-state index contributed by atoms with van der Waals surface area (Å²) < 4.78 is 0. The van der Waals surface area contributed by atoms with Gasteiger partial charge in [-0.2, -0.15) is 25.4 Å². The SMILES string of the molecule is CC(=O)c1ccc(N=NC2(C(=N)N)C=NN(C(=N)N)/C2=N\N)cc1.Cl.Cl. The van der Waals surface area contributed by atoms with Gasteiger partial charge in [-0.3, -0.25) is 15.6 Å². The van der Waals surface area contributed by atoms with E-state index in [0.29, 0.717) is 11.3 Å². The van der Waals surface area contributed by atoms with Crippen LogP contribution in [0, 0.1) is 10.8 Å². The fourth-order valence-corrected chi connectivity index (χ4v) is 1.96.